The first-order chi connectivity index (χ1) is 14.2. The minimum absolute atomic E-state index is 0.0286. The molecule has 1 saturated heterocycles. The molecule has 1 fully saturated rings. The van der Waals surface area contributed by atoms with Gasteiger partial charge in [-0.25, -0.2) is 4.98 Å². The predicted octanol–water partition coefficient (Wildman–Crippen LogP) is 3.98. The summed E-state index contributed by atoms with van der Waals surface area (Å²) in [5.74, 6) is -0.0286. The van der Waals surface area contributed by atoms with Crippen molar-refractivity contribution >= 4 is 28.1 Å². The first-order valence-electron chi connectivity index (χ1n) is 10.3. The van der Waals surface area contributed by atoms with Crippen molar-refractivity contribution in [1.29, 1.82) is 0 Å². The second kappa shape index (κ2) is 9.48. The van der Waals surface area contributed by atoms with Gasteiger partial charge < -0.3 is 10.1 Å². The largest absolute Gasteiger partial charge is 0.379 e. The molecule has 0 radical (unpaired) electrons. The maximum atomic E-state index is 13.0. The van der Waals surface area contributed by atoms with Gasteiger partial charge in [-0.3, -0.25) is 9.69 Å². The molecule has 3 heterocycles. The Morgan fingerprint density at radius 3 is 2.83 bits per heavy atom. The lowest BCUT2D eigenvalue weighted by Crippen LogP contribution is -2.38. The van der Waals surface area contributed by atoms with E-state index in [0.29, 0.717) is 12.1 Å². The first kappa shape index (κ1) is 20.0. The summed E-state index contributed by atoms with van der Waals surface area (Å²) < 4.78 is 5.38. The smallest absolute Gasteiger partial charge is 0.252 e. The molecule has 3 aromatic rings. The van der Waals surface area contributed by atoms with Gasteiger partial charge in [0.05, 0.1) is 34.9 Å². The van der Waals surface area contributed by atoms with Gasteiger partial charge in [-0.15, -0.1) is 11.3 Å². The lowest BCUT2D eigenvalue weighted by atomic mass is 10.1. The molecule has 1 N–H and O–H groups in total. The molecule has 1 aliphatic heterocycles. The Morgan fingerprint density at radius 1 is 1.21 bits per heavy atom. The van der Waals surface area contributed by atoms with E-state index in [1.165, 1.54) is 4.88 Å². The molecule has 0 saturated carbocycles. The van der Waals surface area contributed by atoms with Gasteiger partial charge in [0.25, 0.3) is 5.91 Å². The van der Waals surface area contributed by atoms with Gasteiger partial charge in [0.1, 0.15) is 0 Å². The molecular formula is C23H27N3O2S. The predicted molar refractivity (Wildman–Crippen MR) is 119 cm³/mol. The van der Waals surface area contributed by atoms with Crippen LogP contribution in [-0.2, 0) is 11.2 Å². The molecule has 0 unspecified atom stereocenters. The van der Waals surface area contributed by atoms with Crippen molar-refractivity contribution in [1.82, 2.24) is 15.2 Å². The number of amides is 1. The van der Waals surface area contributed by atoms with E-state index in [-0.39, 0.29) is 5.91 Å². The van der Waals surface area contributed by atoms with E-state index in [1.807, 2.05) is 30.3 Å². The van der Waals surface area contributed by atoms with E-state index < -0.39 is 0 Å². The maximum Gasteiger partial charge on any atom is 0.252 e. The second-order valence-corrected chi connectivity index (χ2v) is 8.42. The minimum Gasteiger partial charge on any atom is -0.379 e. The number of nitrogens with zero attached hydrogens (tertiary/aromatic N) is 2. The van der Waals surface area contributed by atoms with Crippen molar-refractivity contribution in [2.24, 2.45) is 0 Å². The van der Waals surface area contributed by atoms with Crippen LogP contribution in [0.3, 0.4) is 0 Å². The van der Waals surface area contributed by atoms with E-state index >= 15 is 0 Å². The SMILES string of the molecule is CCc1ccc(-c2cc(C(=O)NCCCN3CCOCC3)c3ccccc3n2)s1. The van der Waals surface area contributed by atoms with Crippen LogP contribution >= 0.6 is 11.3 Å². The number of hydrogen-bond acceptors (Lipinski definition) is 5. The number of nitrogens with one attached hydrogen (secondary N) is 1. The number of hydrogen-bond donors (Lipinski definition) is 1. The molecule has 5 nitrogen and oxygen atoms in total. The van der Waals surface area contributed by atoms with Crippen molar-refractivity contribution in [3.8, 4) is 10.6 Å². The number of carbonyl (C=O) groups excluding carboxylic acids is 1. The van der Waals surface area contributed by atoms with Gasteiger partial charge in [-0.05, 0) is 43.7 Å². The fourth-order valence-electron chi connectivity index (χ4n) is 3.62. The molecule has 152 valence electrons. The molecular weight excluding hydrogens is 382 g/mol. The van der Waals surface area contributed by atoms with Crippen molar-refractivity contribution in [3.63, 3.8) is 0 Å². The molecule has 0 atom stereocenters. The molecule has 1 aliphatic rings. The second-order valence-electron chi connectivity index (χ2n) is 7.26. The van der Waals surface area contributed by atoms with Gasteiger partial charge in [-0.2, -0.15) is 0 Å². The van der Waals surface area contributed by atoms with E-state index in [0.717, 1.165) is 67.2 Å². The van der Waals surface area contributed by atoms with E-state index in [2.05, 4.69) is 29.3 Å². The van der Waals surface area contributed by atoms with Crippen LogP contribution in [0.15, 0.2) is 42.5 Å². The van der Waals surface area contributed by atoms with Crippen LogP contribution in [0.2, 0.25) is 0 Å². The molecule has 6 heteroatoms. The third kappa shape index (κ3) is 4.83. The van der Waals surface area contributed by atoms with Crippen molar-refractivity contribution < 1.29 is 9.53 Å². The Morgan fingerprint density at radius 2 is 2.03 bits per heavy atom. The number of ether oxygens (including phenoxy) is 1. The van der Waals surface area contributed by atoms with Crippen LogP contribution in [-0.4, -0.2) is 55.2 Å². The number of aryl methyl sites for hydroxylation is 1. The number of carbonyl (C=O) groups is 1. The van der Waals surface area contributed by atoms with Gasteiger partial charge in [0.2, 0.25) is 0 Å². The standard InChI is InChI=1S/C23H27N3O2S/c1-2-17-8-9-22(29-17)21-16-19(18-6-3-4-7-20(18)25-21)23(27)24-10-5-11-26-12-14-28-15-13-26/h3-4,6-9,16H,2,5,10-15H2,1H3,(H,24,27). The van der Waals surface area contributed by atoms with Crippen LogP contribution in [0, 0.1) is 0 Å². The number of para-hydroxylation sites is 1. The van der Waals surface area contributed by atoms with E-state index in [4.69, 9.17) is 9.72 Å². The molecule has 0 bridgehead atoms. The number of pyridine rings is 1. The number of fused-ring (bicyclic) bond motifs is 1. The van der Waals surface area contributed by atoms with Crippen molar-refractivity contribution in [3.05, 3.63) is 52.9 Å². The molecule has 1 amide bonds. The molecule has 4 rings (SSSR count). The Labute approximate surface area is 175 Å². The quantitative estimate of drug-likeness (QED) is 0.600. The van der Waals surface area contributed by atoms with Gasteiger partial charge in [0, 0.05) is 29.9 Å². The summed E-state index contributed by atoms with van der Waals surface area (Å²) in [6, 6.07) is 14.1. The first-order valence-corrected chi connectivity index (χ1v) is 11.1. The lowest BCUT2D eigenvalue weighted by molar-refractivity contribution is 0.0374. The highest BCUT2D eigenvalue weighted by Crippen LogP contribution is 2.30. The Bertz CT molecular complexity index is 979. The fourth-order valence-corrected chi connectivity index (χ4v) is 4.53. The van der Waals surface area contributed by atoms with Crippen LogP contribution in [0.4, 0.5) is 0 Å². The summed E-state index contributed by atoms with van der Waals surface area (Å²) >= 11 is 1.74. The summed E-state index contributed by atoms with van der Waals surface area (Å²) in [6.45, 7) is 7.38. The Kier molecular flexibility index (Phi) is 6.54. The number of rotatable bonds is 7. The molecule has 0 aliphatic carbocycles. The highest BCUT2D eigenvalue weighted by molar-refractivity contribution is 7.15. The fraction of sp³-hybridized carbons (Fsp3) is 0.391. The number of benzene rings is 1. The van der Waals surface area contributed by atoms with Gasteiger partial charge in [0.15, 0.2) is 0 Å². The van der Waals surface area contributed by atoms with Crippen molar-refractivity contribution in [2.75, 3.05) is 39.4 Å². The average molecular weight is 410 g/mol. The molecule has 29 heavy (non-hydrogen) atoms. The number of thiophene rings is 1. The third-order valence-electron chi connectivity index (χ3n) is 5.26. The molecule has 2 aromatic heterocycles. The third-order valence-corrected chi connectivity index (χ3v) is 6.52. The zero-order valence-electron chi connectivity index (χ0n) is 16.8. The highest BCUT2D eigenvalue weighted by Gasteiger charge is 2.15. The summed E-state index contributed by atoms with van der Waals surface area (Å²) in [6.07, 6.45) is 1.95. The summed E-state index contributed by atoms with van der Waals surface area (Å²) in [7, 11) is 0. The van der Waals surface area contributed by atoms with Gasteiger partial charge in [-0.1, -0.05) is 25.1 Å². The summed E-state index contributed by atoms with van der Waals surface area (Å²) in [5, 5.41) is 4.00. The Hall–Kier alpha value is -2.28. The summed E-state index contributed by atoms with van der Waals surface area (Å²) in [5.41, 5.74) is 2.42. The van der Waals surface area contributed by atoms with Crippen molar-refractivity contribution in [2.45, 2.75) is 19.8 Å². The van der Waals surface area contributed by atoms with E-state index in [1.54, 1.807) is 11.3 Å². The zero-order valence-corrected chi connectivity index (χ0v) is 17.6. The topological polar surface area (TPSA) is 54.5 Å². The van der Waals surface area contributed by atoms with Crippen LogP contribution in [0.5, 0.6) is 0 Å². The lowest BCUT2D eigenvalue weighted by Gasteiger charge is -2.26. The van der Waals surface area contributed by atoms with E-state index in [9.17, 15) is 4.79 Å². The van der Waals surface area contributed by atoms with Crippen LogP contribution < -0.4 is 5.32 Å². The zero-order chi connectivity index (χ0) is 20.1. The number of aromatic nitrogens is 1. The summed E-state index contributed by atoms with van der Waals surface area (Å²) in [4.78, 5) is 22.6. The van der Waals surface area contributed by atoms with Crippen LogP contribution in [0.1, 0.15) is 28.6 Å². The normalized spacial score (nSPS) is 14.9. The molecule has 0 spiro atoms. The minimum atomic E-state index is -0.0286. The highest BCUT2D eigenvalue weighted by atomic mass is 32.1. The van der Waals surface area contributed by atoms with Gasteiger partial charge >= 0.3 is 0 Å². The average Bonchev–Trinajstić information content (AvgIpc) is 3.26. The number of morpholine rings is 1. The van der Waals surface area contributed by atoms with Crippen LogP contribution in [0.25, 0.3) is 21.5 Å². The maximum absolute atomic E-state index is 13.0. The Balaban J connectivity index is 1.49. The monoisotopic (exact) mass is 409 g/mol. The molecule has 1 aromatic carbocycles.